The highest BCUT2D eigenvalue weighted by Gasteiger charge is 2.19. The number of rotatable bonds is 5. The minimum atomic E-state index is 0.591. The van der Waals surface area contributed by atoms with Gasteiger partial charge in [0, 0.05) is 25.6 Å². The van der Waals surface area contributed by atoms with Crippen LogP contribution in [0.4, 0.5) is 0 Å². The van der Waals surface area contributed by atoms with Crippen LogP contribution < -0.4 is 10.6 Å². The van der Waals surface area contributed by atoms with E-state index in [1.54, 1.807) is 0 Å². The molecule has 1 aromatic rings. The number of hydrogen-bond acceptors (Lipinski definition) is 2. The zero-order chi connectivity index (χ0) is 14.4. The maximum absolute atomic E-state index is 5.33. The van der Waals surface area contributed by atoms with Gasteiger partial charge in [-0.15, -0.1) is 0 Å². The Kier molecular flexibility index (Phi) is 5.80. The predicted molar refractivity (Wildman–Crippen MR) is 89.3 cm³/mol. The van der Waals surface area contributed by atoms with Crippen molar-refractivity contribution in [3.05, 3.63) is 35.4 Å². The van der Waals surface area contributed by atoms with E-state index < -0.39 is 0 Å². The number of likely N-dealkylation sites (N-methyl/N-ethyl adjacent to an activating group) is 1. The number of thiocarbonyl (C=S) groups is 1. The molecule has 2 N–H and O–H groups in total. The van der Waals surface area contributed by atoms with E-state index in [0.29, 0.717) is 5.92 Å². The lowest BCUT2D eigenvalue weighted by atomic mass is 9.83. The Labute approximate surface area is 127 Å². The van der Waals surface area contributed by atoms with Crippen molar-refractivity contribution in [3.63, 3.8) is 0 Å². The molecule has 0 spiro atoms. The first kappa shape index (κ1) is 15.3. The molecule has 0 saturated carbocycles. The van der Waals surface area contributed by atoms with Gasteiger partial charge in [0.05, 0.1) is 0 Å². The lowest BCUT2D eigenvalue weighted by Gasteiger charge is -2.26. The zero-order valence-corrected chi connectivity index (χ0v) is 13.3. The van der Waals surface area contributed by atoms with Crippen molar-refractivity contribution in [3.8, 4) is 0 Å². The number of aryl methyl sites for hydroxylation is 1. The monoisotopic (exact) mass is 291 g/mol. The standard InChI is InChI=1S/C16H25N3S/c1-19(2)11-10-17-16(20)18-12-14-8-5-7-13-6-3-4-9-15(13)14/h3-4,6,9,14H,5,7-8,10-12H2,1-2H3,(H2,17,18,20)/t14-/m1/s1. The van der Waals surface area contributed by atoms with Crippen LogP contribution in [0.15, 0.2) is 24.3 Å². The Bertz CT molecular complexity index is 445. The Morgan fingerprint density at radius 1 is 1.30 bits per heavy atom. The number of fused-ring (bicyclic) bond motifs is 1. The summed E-state index contributed by atoms with van der Waals surface area (Å²) in [6, 6.07) is 8.81. The van der Waals surface area contributed by atoms with E-state index in [2.05, 4.69) is 53.9 Å². The quantitative estimate of drug-likeness (QED) is 0.813. The van der Waals surface area contributed by atoms with Crippen molar-refractivity contribution in [1.29, 1.82) is 0 Å². The van der Waals surface area contributed by atoms with Crippen molar-refractivity contribution in [1.82, 2.24) is 15.5 Å². The number of hydrogen-bond donors (Lipinski definition) is 2. The molecule has 110 valence electrons. The average molecular weight is 291 g/mol. The molecule has 0 aliphatic heterocycles. The van der Waals surface area contributed by atoms with Crippen molar-refractivity contribution < 1.29 is 0 Å². The summed E-state index contributed by atoms with van der Waals surface area (Å²) >= 11 is 5.33. The van der Waals surface area contributed by atoms with E-state index >= 15 is 0 Å². The molecular formula is C16H25N3S. The van der Waals surface area contributed by atoms with Gasteiger partial charge in [-0.05, 0) is 56.7 Å². The van der Waals surface area contributed by atoms with Crippen LogP contribution in [0.3, 0.4) is 0 Å². The van der Waals surface area contributed by atoms with Crippen molar-refractivity contribution >= 4 is 17.3 Å². The zero-order valence-electron chi connectivity index (χ0n) is 12.5. The predicted octanol–water partition coefficient (Wildman–Crippen LogP) is 2.13. The van der Waals surface area contributed by atoms with Gasteiger partial charge in [-0.3, -0.25) is 0 Å². The highest BCUT2D eigenvalue weighted by atomic mass is 32.1. The topological polar surface area (TPSA) is 27.3 Å². The molecule has 0 heterocycles. The molecule has 0 amide bonds. The highest BCUT2D eigenvalue weighted by Crippen LogP contribution is 2.30. The van der Waals surface area contributed by atoms with Gasteiger partial charge in [-0.2, -0.15) is 0 Å². The van der Waals surface area contributed by atoms with Crippen LogP contribution in [0.1, 0.15) is 29.9 Å². The summed E-state index contributed by atoms with van der Waals surface area (Å²) in [5.74, 6) is 0.591. The molecule has 1 aliphatic rings. The van der Waals surface area contributed by atoms with E-state index in [1.807, 2.05) is 0 Å². The first-order valence-electron chi connectivity index (χ1n) is 7.41. The van der Waals surface area contributed by atoms with Crippen molar-refractivity contribution in [2.45, 2.75) is 25.2 Å². The van der Waals surface area contributed by atoms with Gasteiger partial charge in [0.15, 0.2) is 5.11 Å². The number of nitrogens with zero attached hydrogens (tertiary/aromatic N) is 1. The van der Waals surface area contributed by atoms with Crippen LogP contribution in [0.2, 0.25) is 0 Å². The van der Waals surface area contributed by atoms with Crippen LogP contribution in [-0.4, -0.2) is 43.7 Å². The molecular weight excluding hydrogens is 266 g/mol. The summed E-state index contributed by atoms with van der Waals surface area (Å²) in [7, 11) is 4.13. The second kappa shape index (κ2) is 7.60. The van der Waals surface area contributed by atoms with Gasteiger partial charge in [0.25, 0.3) is 0 Å². The van der Waals surface area contributed by atoms with Crippen molar-refractivity contribution in [2.24, 2.45) is 0 Å². The smallest absolute Gasteiger partial charge is 0.166 e. The van der Waals surface area contributed by atoms with E-state index in [1.165, 1.54) is 30.4 Å². The van der Waals surface area contributed by atoms with E-state index in [0.717, 1.165) is 24.7 Å². The lowest BCUT2D eigenvalue weighted by molar-refractivity contribution is 0.412. The molecule has 0 radical (unpaired) electrons. The van der Waals surface area contributed by atoms with Crippen molar-refractivity contribution in [2.75, 3.05) is 33.7 Å². The molecule has 1 atom stereocenters. The lowest BCUT2D eigenvalue weighted by Crippen LogP contribution is -2.40. The summed E-state index contributed by atoms with van der Waals surface area (Å²) in [5.41, 5.74) is 3.01. The second-order valence-electron chi connectivity index (χ2n) is 5.73. The summed E-state index contributed by atoms with van der Waals surface area (Å²) in [5, 5.41) is 7.40. The first-order valence-corrected chi connectivity index (χ1v) is 7.82. The third-order valence-electron chi connectivity index (χ3n) is 3.85. The van der Waals surface area contributed by atoms with E-state index in [4.69, 9.17) is 12.2 Å². The summed E-state index contributed by atoms with van der Waals surface area (Å²) in [4.78, 5) is 2.15. The minimum absolute atomic E-state index is 0.591. The largest absolute Gasteiger partial charge is 0.362 e. The van der Waals surface area contributed by atoms with Crippen LogP contribution >= 0.6 is 12.2 Å². The highest BCUT2D eigenvalue weighted by molar-refractivity contribution is 7.80. The molecule has 1 aromatic carbocycles. The Balaban J connectivity index is 1.79. The van der Waals surface area contributed by atoms with Crippen LogP contribution in [0.25, 0.3) is 0 Å². The fourth-order valence-electron chi connectivity index (χ4n) is 2.74. The third-order valence-corrected chi connectivity index (χ3v) is 4.14. The SMILES string of the molecule is CN(C)CCNC(=S)NC[C@H]1CCCc2ccccc21. The van der Waals surface area contributed by atoms with Gasteiger partial charge in [0.1, 0.15) is 0 Å². The molecule has 1 aliphatic carbocycles. The molecule has 3 nitrogen and oxygen atoms in total. The molecule has 0 unspecified atom stereocenters. The van der Waals surface area contributed by atoms with Gasteiger partial charge in [0.2, 0.25) is 0 Å². The van der Waals surface area contributed by atoms with Gasteiger partial charge < -0.3 is 15.5 Å². The van der Waals surface area contributed by atoms with Gasteiger partial charge in [-0.25, -0.2) is 0 Å². The molecule has 2 rings (SSSR count). The average Bonchev–Trinajstić information content (AvgIpc) is 2.44. The van der Waals surface area contributed by atoms with Crippen LogP contribution in [-0.2, 0) is 6.42 Å². The fourth-order valence-corrected chi connectivity index (χ4v) is 2.92. The first-order chi connectivity index (χ1) is 9.66. The molecule has 0 fully saturated rings. The van der Waals surface area contributed by atoms with Gasteiger partial charge >= 0.3 is 0 Å². The Morgan fingerprint density at radius 2 is 2.10 bits per heavy atom. The maximum Gasteiger partial charge on any atom is 0.166 e. The summed E-state index contributed by atoms with van der Waals surface area (Å²) in [6.45, 7) is 2.82. The molecule has 0 aromatic heterocycles. The van der Waals surface area contributed by atoms with E-state index in [-0.39, 0.29) is 0 Å². The maximum atomic E-state index is 5.33. The number of benzene rings is 1. The number of nitrogens with one attached hydrogen (secondary N) is 2. The molecule has 20 heavy (non-hydrogen) atoms. The molecule has 0 bridgehead atoms. The molecule has 4 heteroatoms. The van der Waals surface area contributed by atoms with Crippen LogP contribution in [0, 0.1) is 0 Å². The Hall–Kier alpha value is -1.13. The fraction of sp³-hybridized carbons (Fsp3) is 0.562. The minimum Gasteiger partial charge on any atom is -0.362 e. The Morgan fingerprint density at radius 3 is 2.90 bits per heavy atom. The third kappa shape index (κ3) is 4.46. The van der Waals surface area contributed by atoms with Crippen LogP contribution in [0.5, 0.6) is 0 Å². The summed E-state index contributed by atoms with van der Waals surface area (Å²) < 4.78 is 0. The summed E-state index contributed by atoms with van der Waals surface area (Å²) in [6.07, 6.45) is 3.76. The normalized spacial score (nSPS) is 17.6. The van der Waals surface area contributed by atoms with E-state index in [9.17, 15) is 0 Å². The van der Waals surface area contributed by atoms with Gasteiger partial charge in [-0.1, -0.05) is 24.3 Å². The molecule has 0 saturated heterocycles. The second-order valence-corrected chi connectivity index (χ2v) is 6.14.